The molecule has 4 aliphatic rings. The minimum absolute atomic E-state index is 0.0854. The molecule has 13 nitrogen and oxygen atoms in total. The van der Waals surface area contributed by atoms with E-state index in [-0.39, 0.29) is 28.6 Å². The number of carbonyl (C=O) groups is 3. The first-order valence-electron chi connectivity index (χ1n) is 17.3. The second-order valence-corrected chi connectivity index (χ2v) is 14.7. The van der Waals surface area contributed by atoms with Crippen molar-refractivity contribution in [1.82, 2.24) is 25.0 Å². The highest BCUT2D eigenvalue weighted by atomic mass is 35.5. The number of amidine groups is 1. The summed E-state index contributed by atoms with van der Waals surface area (Å²) in [4.78, 5) is 56.1. The molecular formula is C38H35ClFN7O6S. The van der Waals surface area contributed by atoms with Crippen LogP contribution in [-0.2, 0) is 9.53 Å². The van der Waals surface area contributed by atoms with E-state index < -0.39 is 23.9 Å². The zero-order valence-corrected chi connectivity index (χ0v) is 30.6. The summed E-state index contributed by atoms with van der Waals surface area (Å²) in [6, 6.07) is 17.1. The first kappa shape index (κ1) is 35.7. The third kappa shape index (κ3) is 7.02. The number of nitrogens with one attached hydrogen (secondary N) is 1. The number of carbonyl (C=O) groups excluding carboxylic acids is 3. The molecule has 0 spiro atoms. The Balaban J connectivity index is 0.957. The molecule has 0 saturated carbocycles. The van der Waals surface area contributed by atoms with Crippen molar-refractivity contribution in [2.24, 2.45) is 4.99 Å². The fourth-order valence-corrected chi connectivity index (χ4v) is 7.98. The van der Waals surface area contributed by atoms with E-state index in [1.807, 2.05) is 22.4 Å². The number of nitrogens with zero attached hydrogens (tertiary/aromatic N) is 6. The summed E-state index contributed by atoms with van der Waals surface area (Å²) in [6.07, 6.45) is 1.21. The van der Waals surface area contributed by atoms with Gasteiger partial charge in [-0.15, -0.1) is 11.3 Å². The molecule has 3 aromatic carbocycles. The maximum absolute atomic E-state index is 14.1. The van der Waals surface area contributed by atoms with Crippen LogP contribution >= 0.6 is 22.9 Å². The van der Waals surface area contributed by atoms with Gasteiger partial charge in [0.2, 0.25) is 0 Å². The number of fused-ring (bicyclic) bond motifs is 1. The van der Waals surface area contributed by atoms with Crippen LogP contribution in [0.4, 0.5) is 14.9 Å². The predicted molar refractivity (Wildman–Crippen MR) is 200 cm³/mol. The van der Waals surface area contributed by atoms with Crippen molar-refractivity contribution < 1.29 is 33.4 Å². The number of aromatic nitrogens is 1. The third-order valence-corrected chi connectivity index (χ3v) is 11.0. The van der Waals surface area contributed by atoms with Crippen molar-refractivity contribution in [2.75, 3.05) is 57.8 Å². The van der Waals surface area contributed by atoms with E-state index in [0.717, 1.165) is 5.69 Å². The zero-order valence-electron chi connectivity index (χ0n) is 29.0. The molecular weight excluding hydrogens is 737 g/mol. The van der Waals surface area contributed by atoms with Crippen LogP contribution in [0.1, 0.15) is 27.0 Å². The lowest BCUT2D eigenvalue weighted by Crippen LogP contribution is -2.53. The number of thiazole rings is 1. The summed E-state index contributed by atoms with van der Waals surface area (Å²) in [5, 5.41) is 15.4. The Hall–Kier alpha value is -5.35. The fourth-order valence-electron chi connectivity index (χ4n) is 7.12. The van der Waals surface area contributed by atoms with Gasteiger partial charge < -0.3 is 29.7 Å². The topological polar surface area (TPSA) is 140 Å². The Kier molecular flexibility index (Phi) is 9.79. The number of hydrogen-bond donors (Lipinski definition) is 2. The molecule has 8 rings (SSSR count). The number of benzene rings is 3. The Morgan fingerprint density at radius 1 is 1.02 bits per heavy atom. The highest BCUT2D eigenvalue weighted by molar-refractivity contribution is 7.11. The fraction of sp³-hybridized carbons (Fsp3) is 0.289. The number of ether oxygens (including phenoxy) is 2. The number of esters is 1. The highest BCUT2D eigenvalue weighted by Crippen LogP contribution is 2.37. The van der Waals surface area contributed by atoms with Gasteiger partial charge in [0.05, 0.1) is 24.8 Å². The number of piperazine rings is 1. The van der Waals surface area contributed by atoms with Gasteiger partial charge in [0.15, 0.2) is 10.8 Å². The van der Waals surface area contributed by atoms with Gasteiger partial charge in [0.1, 0.15) is 23.4 Å². The monoisotopic (exact) mass is 771 g/mol. The summed E-state index contributed by atoms with van der Waals surface area (Å²) in [6.45, 7) is 3.06. The average Bonchev–Trinajstić information content (AvgIpc) is 3.82. The lowest BCUT2D eigenvalue weighted by Gasteiger charge is -2.38. The summed E-state index contributed by atoms with van der Waals surface area (Å²) in [5.41, 5.74) is 2.54. The number of anilines is 1. The van der Waals surface area contributed by atoms with Crippen molar-refractivity contribution in [3.63, 3.8) is 0 Å². The van der Waals surface area contributed by atoms with E-state index in [1.165, 1.54) is 36.6 Å². The van der Waals surface area contributed by atoms with Crippen LogP contribution in [0, 0.1) is 5.82 Å². The molecule has 5 heterocycles. The standard InChI is InChI=1S/C38H35ClFN7O6S/c1-52-37(50)32-31(42-34(35-41-12-15-54-35)43-33(32)29-11-4-23(40)16-30(29)39)21-44-13-14-46-25(17-44)18-47(38(46)51)24-5-9-28(10-6-24)53-27-7-2-22(3-8-27)36(49)45-19-26(48)20-45/h2-12,15-16,25-26,33,48H,13-14,17-21H2,1H3,(H,42,43)/t25-,33-/m0/s1. The van der Waals surface area contributed by atoms with Gasteiger partial charge in [-0.25, -0.2) is 19.0 Å². The number of amides is 3. The Morgan fingerprint density at radius 2 is 1.76 bits per heavy atom. The van der Waals surface area contributed by atoms with Crippen LogP contribution in [0.15, 0.2) is 94.6 Å². The first-order chi connectivity index (χ1) is 26.1. The van der Waals surface area contributed by atoms with Gasteiger partial charge in [0.25, 0.3) is 5.91 Å². The Morgan fingerprint density at radius 3 is 2.43 bits per heavy atom. The lowest BCUT2D eigenvalue weighted by molar-refractivity contribution is -0.136. The number of methoxy groups -OCH3 is 1. The summed E-state index contributed by atoms with van der Waals surface area (Å²) in [7, 11) is 1.30. The lowest BCUT2D eigenvalue weighted by atomic mass is 9.95. The van der Waals surface area contributed by atoms with Gasteiger partial charge in [-0.05, 0) is 60.7 Å². The number of halogens is 2. The van der Waals surface area contributed by atoms with Gasteiger partial charge >= 0.3 is 12.0 Å². The molecule has 0 radical (unpaired) electrons. The summed E-state index contributed by atoms with van der Waals surface area (Å²) < 4.78 is 25.3. The number of hydrogen-bond acceptors (Lipinski definition) is 11. The molecule has 2 N–H and O–H groups in total. The molecule has 16 heteroatoms. The van der Waals surface area contributed by atoms with Crippen molar-refractivity contribution in [1.29, 1.82) is 0 Å². The van der Waals surface area contributed by atoms with Crippen molar-refractivity contribution in [3.8, 4) is 11.5 Å². The van der Waals surface area contributed by atoms with Gasteiger partial charge in [-0.3, -0.25) is 19.6 Å². The van der Waals surface area contributed by atoms with E-state index in [4.69, 9.17) is 26.1 Å². The number of likely N-dealkylation sites (tertiary alicyclic amines) is 1. The van der Waals surface area contributed by atoms with E-state index in [0.29, 0.717) is 85.0 Å². The molecule has 0 unspecified atom stereocenters. The van der Waals surface area contributed by atoms with Gasteiger partial charge in [-0.1, -0.05) is 17.7 Å². The van der Waals surface area contributed by atoms with Crippen molar-refractivity contribution in [2.45, 2.75) is 18.2 Å². The molecule has 4 aliphatic heterocycles. The van der Waals surface area contributed by atoms with Gasteiger partial charge in [0, 0.05) is 84.9 Å². The summed E-state index contributed by atoms with van der Waals surface area (Å²) in [5.74, 6) is 0.379. The van der Waals surface area contributed by atoms with Crippen LogP contribution in [0.5, 0.6) is 11.5 Å². The summed E-state index contributed by atoms with van der Waals surface area (Å²) >= 11 is 7.90. The average molecular weight is 772 g/mol. The third-order valence-electron chi connectivity index (χ3n) is 9.88. The number of aliphatic hydroxyl groups is 1. The molecule has 54 heavy (non-hydrogen) atoms. The second kappa shape index (κ2) is 14.8. The van der Waals surface area contributed by atoms with Crippen LogP contribution in [0.3, 0.4) is 0 Å². The molecule has 3 fully saturated rings. The number of β-amino-alcohol motifs (C(OH)–C–C–N with tert-alkyl or cyclic N) is 1. The Bertz CT molecular complexity index is 2140. The number of urea groups is 1. The van der Waals surface area contributed by atoms with E-state index in [2.05, 4.69) is 15.2 Å². The van der Waals surface area contributed by atoms with Crippen LogP contribution < -0.4 is 15.0 Å². The van der Waals surface area contributed by atoms with Crippen LogP contribution in [-0.4, -0.2) is 114 Å². The maximum atomic E-state index is 14.1. The molecule has 0 aliphatic carbocycles. The minimum atomic E-state index is -0.868. The molecule has 278 valence electrons. The van der Waals surface area contributed by atoms with Crippen LogP contribution in [0.2, 0.25) is 5.02 Å². The second-order valence-electron chi connectivity index (χ2n) is 13.4. The normalized spacial score (nSPS) is 20.3. The Labute approximate surface area is 318 Å². The largest absolute Gasteiger partial charge is 0.466 e. The predicted octanol–water partition coefficient (Wildman–Crippen LogP) is 4.69. The number of aliphatic imine (C=N–C) groups is 1. The zero-order chi connectivity index (χ0) is 37.5. The molecule has 2 atom stereocenters. The number of aliphatic hydroxyl groups excluding tert-OH is 1. The minimum Gasteiger partial charge on any atom is -0.466 e. The van der Waals surface area contributed by atoms with Crippen molar-refractivity contribution in [3.05, 3.63) is 117 Å². The quantitative estimate of drug-likeness (QED) is 0.232. The van der Waals surface area contributed by atoms with E-state index >= 15 is 0 Å². The van der Waals surface area contributed by atoms with E-state index in [1.54, 1.807) is 52.4 Å². The first-order valence-corrected chi connectivity index (χ1v) is 18.6. The van der Waals surface area contributed by atoms with Crippen molar-refractivity contribution >= 4 is 52.4 Å². The molecule has 3 saturated heterocycles. The van der Waals surface area contributed by atoms with Crippen LogP contribution in [0.25, 0.3) is 0 Å². The molecule has 1 aromatic heterocycles. The van der Waals surface area contributed by atoms with E-state index in [9.17, 15) is 23.9 Å². The highest BCUT2D eigenvalue weighted by Gasteiger charge is 2.42. The number of rotatable bonds is 9. The maximum Gasteiger partial charge on any atom is 0.338 e. The molecule has 0 bridgehead atoms. The molecule has 4 aromatic rings. The smallest absolute Gasteiger partial charge is 0.338 e. The molecule has 3 amide bonds. The van der Waals surface area contributed by atoms with Gasteiger partial charge in [-0.2, -0.15) is 0 Å². The SMILES string of the molecule is COC(=O)C1=C(CN2CCN3C(=O)N(c4ccc(Oc5ccc(C(=O)N6CC(O)C6)cc5)cc4)C[C@@H]3C2)NC(c2nccs2)=N[C@H]1c1ccc(F)cc1Cl.